The molecule has 4 nitrogen and oxygen atoms in total. The number of nitrogens with one attached hydrogen (secondary N) is 2. The summed E-state index contributed by atoms with van der Waals surface area (Å²) in [4.78, 5) is 19.3. The highest BCUT2D eigenvalue weighted by molar-refractivity contribution is 5.07. The molecule has 106 valence electrons. The summed E-state index contributed by atoms with van der Waals surface area (Å²) in [5.41, 5.74) is 0.849. The molecule has 4 heteroatoms. The Hall–Kier alpha value is -1.16. The van der Waals surface area contributed by atoms with Gasteiger partial charge in [0.1, 0.15) is 5.82 Å². The molecule has 0 aromatic carbocycles. The first-order valence-electron chi connectivity index (χ1n) is 7.50. The minimum absolute atomic E-state index is 0.0171. The van der Waals surface area contributed by atoms with Gasteiger partial charge in [-0.1, -0.05) is 26.7 Å². The summed E-state index contributed by atoms with van der Waals surface area (Å²) in [6.45, 7) is 6.07. The highest BCUT2D eigenvalue weighted by atomic mass is 16.1. The standard InChI is InChI=1S/C15H25N3O/c1-3-7-16-10-13-9-14(19)18-15(17-13)12-6-4-5-11(2)8-12/h9,11-12,16H,3-8,10H2,1-2H3,(H,17,18,19). The summed E-state index contributed by atoms with van der Waals surface area (Å²) >= 11 is 0. The van der Waals surface area contributed by atoms with Gasteiger partial charge in [0.15, 0.2) is 0 Å². The maximum atomic E-state index is 11.7. The van der Waals surface area contributed by atoms with Crippen molar-refractivity contribution in [2.45, 2.75) is 58.4 Å². The van der Waals surface area contributed by atoms with Gasteiger partial charge >= 0.3 is 0 Å². The molecule has 0 saturated heterocycles. The van der Waals surface area contributed by atoms with Gasteiger partial charge in [0, 0.05) is 18.5 Å². The molecule has 1 aliphatic carbocycles. The van der Waals surface area contributed by atoms with E-state index in [0.717, 1.165) is 43.2 Å². The van der Waals surface area contributed by atoms with Gasteiger partial charge in [-0.3, -0.25) is 4.79 Å². The van der Waals surface area contributed by atoms with Crippen LogP contribution in [0.1, 0.15) is 63.4 Å². The number of hydrogen-bond acceptors (Lipinski definition) is 3. The molecular weight excluding hydrogens is 238 g/mol. The van der Waals surface area contributed by atoms with E-state index in [1.807, 2.05) is 0 Å². The number of nitrogens with zero attached hydrogens (tertiary/aromatic N) is 1. The zero-order valence-corrected chi connectivity index (χ0v) is 12.0. The molecule has 1 heterocycles. The third-order valence-electron chi connectivity index (χ3n) is 3.87. The summed E-state index contributed by atoms with van der Waals surface area (Å²) in [5, 5.41) is 3.30. The zero-order valence-electron chi connectivity index (χ0n) is 12.0. The maximum absolute atomic E-state index is 11.7. The molecule has 2 atom stereocenters. The molecule has 0 amide bonds. The SMILES string of the molecule is CCCNCc1cc(=O)[nH]c(C2CCCC(C)C2)n1. The maximum Gasteiger partial charge on any atom is 0.251 e. The van der Waals surface area contributed by atoms with Gasteiger partial charge in [0.2, 0.25) is 0 Å². The average molecular weight is 263 g/mol. The van der Waals surface area contributed by atoms with Crippen LogP contribution in [0.3, 0.4) is 0 Å². The predicted octanol–water partition coefficient (Wildman–Crippen LogP) is 2.56. The van der Waals surface area contributed by atoms with Crippen molar-refractivity contribution in [1.82, 2.24) is 15.3 Å². The highest BCUT2D eigenvalue weighted by Gasteiger charge is 2.22. The van der Waals surface area contributed by atoms with Crippen LogP contribution < -0.4 is 10.9 Å². The normalized spacial score (nSPS) is 23.5. The Kier molecular flexibility index (Phi) is 5.14. The van der Waals surface area contributed by atoms with Crippen LogP contribution >= 0.6 is 0 Å². The summed E-state index contributed by atoms with van der Waals surface area (Å²) in [6, 6.07) is 1.61. The third-order valence-corrected chi connectivity index (χ3v) is 3.87. The van der Waals surface area contributed by atoms with Crippen molar-refractivity contribution < 1.29 is 0 Å². The Morgan fingerprint density at radius 2 is 2.32 bits per heavy atom. The Bertz CT molecular complexity index is 455. The molecule has 1 aliphatic rings. The van der Waals surface area contributed by atoms with Crippen LogP contribution in [0.25, 0.3) is 0 Å². The van der Waals surface area contributed by atoms with Crippen molar-refractivity contribution in [2.75, 3.05) is 6.54 Å². The highest BCUT2D eigenvalue weighted by Crippen LogP contribution is 2.33. The molecule has 0 bridgehead atoms. The van der Waals surface area contributed by atoms with E-state index < -0.39 is 0 Å². The predicted molar refractivity (Wildman–Crippen MR) is 77.2 cm³/mol. The lowest BCUT2D eigenvalue weighted by atomic mass is 9.82. The fourth-order valence-corrected chi connectivity index (χ4v) is 2.89. The topological polar surface area (TPSA) is 57.8 Å². The molecule has 0 spiro atoms. The Balaban J connectivity index is 2.09. The number of H-pyrrole nitrogens is 1. The van der Waals surface area contributed by atoms with Crippen molar-refractivity contribution in [3.05, 3.63) is 27.9 Å². The van der Waals surface area contributed by atoms with Gasteiger partial charge in [0.05, 0.1) is 5.69 Å². The van der Waals surface area contributed by atoms with Crippen molar-refractivity contribution in [3.63, 3.8) is 0 Å². The number of aromatic amines is 1. The summed E-state index contributed by atoms with van der Waals surface area (Å²) < 4.78 is 0. The fourth-order valence-electron chi connectivity index (χ4n) is 2.89. The van der Waals surface area contributed by atoms with E-state index in [4.69, 9.17) is 0 Å². The van der Waals surface area contributed by atoms with Gasteiger partial charge in [-0.15, -0.1) is 0 Å². The van der Waals surface area contributed by atoms with Crippen LogP contribution in [0.15, 0.2) is 10.9 Å². The second-order valence-corrected chi connectivity index (χ2v) is 5.77. The summed E-state index contributed by atoms with van der Waals surface area (Å²) in [6.07, 6.45) is 5.94. The molecule has 1 aromatic heterocycles. The Labute approximate surface area is 115 Å². The van der Waals surface area contributed by atoms with Crippen LogP contribution in [0.5, 0.6) is 0 Å². The number of hydrogen-bond donors (Lipinski definition) is 2. The van der Waals surface area contributed by atoms with Gasteiger partial charge in [-0.05, 0) is 31.7 Å². The van der Waals surface area contributed by atoms with Gasteiger partial charge in [0.25, 0.3) is 5.56 Å². The molecule has 1 saturated carbocycles. The molecule has 2 rings (SSSR count). The molecule has 1 fully saturated rings. The van der Waals surface area contributed by atoms with E-state index in [2.05, 4.69) is 29.1 Å². The largest absolute Gasteiger partial charge is 0.311 e. The minimum Gasteiger partial charge on any atom is -0.311 e. The zero-order chi connectivity index (χ0) is 13.7. The quantitative estimate of drug-likeness (QED) is 0.803. The smallest absolute Gasteiger partial charge is 0.251 e. The van der Waals surface area contributed by atoms with Crippen molar-refractivity contribution in [2.24, 2.45) is 5.92 Å². The molecule has 1 aromatic rings. The molecular formula is C15H25N3O. The summed E-state index contributed by atoms with van der Waals surface area (Å²) in [7, 11) is 0. The monoisotopic (exact) mass is 263 g/mol. The fraction of sp³-hybridized carbons (Fsp3) is 0.733. The van der Waals surface area contributed by atoms with Crippen LogP contribution in [-0.2, 0) is 6.54 Å². The van der Waals surface area contributed by atoms with Crippen LogP contribution in [0, 0.1) is 5.92 Å². The second-order valence-electron chi connectivity index (χ2n) is 5.77. The Morgan fingerprint density at radius 3 is 3.05 bits per heavy atom. The first-order chi connectivity index (χ1) is 9.19. The second kappa shape index (κ2) is 6.85. The molecule has 0 aliphatic heterocycles. The van der Waals surface area contributed by atoms with E-state index in [0.29, 0.717) is 12.5 Å². The van der Waals surface area contributed by atoms with E-state index in [1.165, 1.54) is 12.8 Å². The van der Waals surface area contributed by atoms with E-state index in [1.54, 1.807) is 6.07 Å². The van der Waals surface area contributed by atoms with Crippen molar-refractivity contribution in [1.29, 1.82) is 0 Å². The molecule has 2 N–H and O–H groups in total. The lowest BCUT2D eigenvalue weighted by Crippen LogP contribution is -2.22. The van der Waals surface area contributed by atoms with Crippen LogP contribution in [0.2, 0.25) is 0 Å². The van der Waals surface area contributed by atoms with Crippen LogP contribution in [0.4, 0.5) is 0 Å². The number of rotatable bonds is 5. The van der Waals surface area contributed by atoms with E-state index >= 15 is 0 Å². The van der Waals surface area contributed by atoms with Crippen molar-refractivity contribution in [3.8, 4) is 0 Å². The van der Waals surface area contributed by atoms with Crippen LogP contribution in [-0.4, -0.2) is 16.5 Å². The lowest BCUT2D eigenvalue weighted by molar-refractivity contribution is 0.334. The number of aromatic nitrogens is 2. The minimum atomic E-state index is -0.0171. The molecule has 2 unspecified atom stereocenters. The van der Waals surface area contributed by atoms with E-state index in [-0.39, 0.29) is 5.56 Å². The third kappa shape index (κ3) is 4.16. The van der Waals surface area contributed by atoms with Crippen molar-refractivity contribution >= 4 is 0 Å². The van der Waals surface area contributed by atoms with Gasteiger partial charge < -0.3 is 10.3 Å². The first-order valence-corrected chi connectivity index (χ1v) is 7.50. The summed E-state index contributed by atoms with van der Waals surface area (Å²) in [5.74, 6) is 2.07. The van der Waals surface area contributed by atoms with E-state index in [9.17, 15) is 4.79 Å². The lowest BCUT2D eigenvalue weighted by Gasteiger charge is -2.26. The van der Waals surface area contributed by atoms with Gasteiger partial charge in [-0.25, -0.2) is 4.98 Å². The molecule has 19 heavy (non-hydrogen) atoms. The Morgan fingerprint density at radius 1 is 1.47 bits per heavy atom. The first kappa shape index (κ1) is 14.3. The van der Waals surface area contributed by atoms with Gasteiger partial charge in [-0.2, -0.15) is 0 Å². The average Bonchev–Trinajstić information content (AvgIpc) is 2.38. The molecule has 0 radical (unpaired) electrons.